The van der Waals surface area contributed by atoms with Crippen LogP contribution in [0, 0.1) is 0 Å². The Morgan fingerprint density at radius 3 is 1.00 bits per heavy atom. The van der Waals surface area contributed by atoms with E-state index in [0.29, 0.717) is 0 Å². The number of nitrogens with one attached hydrogen (secondary N) is 1. The van der Waals surface area contributed by atoms with Crippen molar-refractivity contribution in [2.24, 2.45) is 0 Å². The first-order valence-corrected chi connectivity index (χ1v) is 18.4. The van der Waals surface area contributed by atoms with E-state index in [9.17, 15) is 0 Å². The van der Waals surface area contributed by atoms with E-state index in [0.717, 1.165) is 56.1 Å². The molecule has 0 saturated carbocycles. The van der Waals surface area contributed by atoms with Crippen molar-refractivity contribution in [3.05, 3.63) is 168 Å². The first-order chi connectivity index (χ1) is 23.8. The molecule has 48 heavy (non-hydrogen) atoms. The molecule has 0 radical (unpaired) electrons. The molecule has 5 heterocycles. The summed E-state index contributed by atoms with van der Waals surface area (Å²) < 4.78 is 2.75. The molecule has 0 amide bonds. The average Bonchev–Trinajstić information content (AvgIpc) is 3.98. The minimum atomic E-state index is -0.793. The molecular formula is C44H29N3Te. The number of aromatic amines is 1. The van der Waals surface area contributed by atoms with Crippen LogP contribution in [0.2, 0.25) is 0 Å². The van der Waals surface area contributed by atoms with E-state index in [1.165, 1.54) is 29.1 Å². The predicted molar refractivity (Wildman–Crippen MR) is 203 cm³/mol. The van der Waals surface area contributed by atoms with E-state index in [4.69, 9.17) is 9.97 Å². The Morgan fingerprint density at radius 1 is 0.333 bits per heavy atom. The fourth-order valence-corrected chi connectivity index (χ4v) is 10.0. The van der Waals surface area contributed by atoms with Crippen molar-refractivity contribution in [3.63, 3.8) is 0 Å². The summed E-state index contributed by atoms with van der Waals surface area (Å²) in [6, 6.07) is 51.7. The van der Waals surface area contributed by atoms with E-state index in [1.54, 1.807) is 0 Å². The average molecular weight is 727 g/mol. The van der Waals surface area contributed by atoms with Gasteiger partial charge in [-0.25, -0.2) is 0 Å². The Kier molecular flexibility index (Phi) is 7.32. The van der Waals surface area contributed by atoms with Gasteiger partial charge in [-0.1, -0.05) is 0 Å². The molecule has 0 spiro atoms. The maximum atomic E-state index is 5.41. The number of fused-ring (bicyclic) bond motifs is 8. The number of rotatable bonds is 4. The standard InChI is InChI=1S/C44H29N3Te/c1-5-13-29(14-6-1)41-33-21-22-34(45-33)42(30-15-7-2-8-16-30)36-24-26-38(47-36)44(32-19-11-4-12-20-32)40-28-27-39(48-40)43(31-17-9-3-10-18-31)37-25-23-35(41)46-37/h1-28,45H. The molecule has 7 aromatic rings. The van der Waals surface area contributed by atoms with Gasteiger partial charge >= 0.3 is 290 Å². The minimum absolute atomic E-state index is 0.793. The van der Waals surface area contributed by atoms with E-state index >= 15 is 0 Å². The van der Waals surface area contributed by atoms with Crippen LogP contribution in [0.25, 0.3) is 86.6 Å². The van der Waals surface area contributed by atoms with Gasteiger partial charge in [-0.3, -0.25) is 0 Å². The van der Waals surface area contributed by atoms with Crippen molar-refractivity contribution in [2.45, 2.75) is 0 Å². The van der Waals surface area contributed by atoms with E-state index in [2.05, 4.69) is 175 Å². The summed E-state index contributed by atoms with van der Waals surface area (Å²) >= 11 is -0.793. The van der Waals surface area contributed by atoms with Gasteiger partial charge in [-0.05, 0) is 0 Å². The Labute approximate surface area is 288 Å². The molecule has 226 valence electrons. The van der Waals surface area contributed by atoms with Crippen LogP contribution in [0.4, 0.5) is 0 Å². The number of benzene rings is 4. The molecule has 2 aliphatic rings. The van der Waals surface area contributed by atoms with Crippen LogP contribution in [0.3, 0.4) is 0 Å². The summed E-state index contributed by atoms with van der Waals surface area (Å²) in [5.41, 5.74) is 15.1. The molecule has 0 aliphatic carbocycles. The first-order valence-electron chi connectivity index (χ1n) is 16.1. The zero-order valence-electron chi connectivity index (χ0n) is 26.0. The summed E-state index contributed by atoms with van der Waals surface area (Å²) in [5.74, 6) is 0. The number of hydrogen-bond acceptors (Lipinski definition) is 2. The van der Waals surface area contributed by atoms with Crippen LogP contribution < -0.4 is 0 Å². The maximum absolute atomic E-state index is 5.41. The Bertz CT molecular complexity index is 2180. The first kappa shape index (κ1) is 28.7. The van der Waals surface area contributed by atoms with Gasteiger partial charge in [-0.2, -0.15) is 0 Å². The van der Waals surface area contributed by atoms with Crippen molar-refractivity contribution >= 4 is 62.6 Å². The third-order valence-electron chi connectivity index (χ3n) is 8.88. The summed E-state index contributed by atoms with van der Waals surface area (Å²) in [6.07, 6.45) is 8.75. The number of H-pyrrole nitrogens is 1. The molecule has 3 aromatic heterocycles. The van der Waals surface area contributed by atoms with Gasteiger partial charge in [0, 0.05) is 0 Å². The zero-order chi connectivity index (χ0) is 31.9. The van der Waals surface area contributed by atoms with Crippen LogP contribution in [0.1, 0.15) is 22.8 Å². The van der Waals surface area contributed by atoms with Crippen molar-refractivity contribution in [3.8, 4) is 44.5 Å². The number of hydrogen-bond donors (Lipinski definition) is 1. The molecule has 0 unspecified atom stereocenters. The summed E-state index contributed by atoms with van der Waals surface area (Å²) in [6.45, 7) is 0. The van der Waals surface area contributed by atoms with Crippen molar-refractivity contribution in [1.29, 1.82) is 0 Å². The fraction of sp³-hybridized carbons (Fsp3) is 0. The SMILES string of the molecule is C1=Cc2nc1c(-c1ccccc1)c1ccc([nH]1)c(-c1ccccc1)c1nc(c(-c3ccccc3)c3ccc([te]3)c2-c2ccccc2)C=C1. The van der Waals surface area contributed by atoms with Crippen LogP contribution in [0.15, 0.2) is 146 Å². The van der Waals surface area contributed by atoms with Gasteiger partial charge in [0.15, 0.2) is 0 Å². The second-order valence-corrected chi connectivity index (χ2v) is 14.9. The second kappa shape index (κ2) is 12.2. The van der Waals surface area contributed by atoms with Gasteiger partial charge in [0.05, 0.1) is 0 Å². The molecule has 8 bridgehead atoms. The molecule has 9 rings (SSSR count). The summed E-state index contributed by atoms with van der Waals surface area (Å²) in [5, 5.41) is 0. The van der Waals surface area contributed by atoms with Gasteiger partial charge < -0.3 is 0 Å². The molecular weight excluding hydrogens is 698 g/mol. The summed E-state index contributed by atoms with van der Waals surface area (Å²) in [7, 11) is 0. The van der Waals surface area contributed by atoms with Crippen molar-refractivity contribution in [2.75, 3.05) is 0 Å². The monoisotopic (exact) mass is 729 g/mol. The molecule has 4 heteroatoms. The number of aromatic nitrogens is 3. The van der Waals surface area contributed by atoms with Crippen LogP contribution >= 0.6 is 0 Å². The second-order valence-electron chi connectivity index (χ2n) is 11.8. The molecule has 3 nitrogen and oxygen atoms in total. The van der Waals surface area contributed by atoms with Crippen LogP contribution in [-0.2, 0) is 0 Å². The van der Waals surface area contributed by atoms with E-state index < -0.39 is 20.4 Å². The van der Waals surface area contributed by atoms with Gasteiger partial charge in [0.25, 0.3) is 0 Å². The predicted octanol–water partition coefficient (Wildman–Crippen LogP) is 11.1. The van der Waals surface area contributed by atoms with Crippen molar-refractivity contribution in [1.82, 2.24) is 15.0 Å². The quantitative estimate of drug-likeness (QED) is 0.183. The zero-order valence-corrected chi connectivity index (χ0v) is 28.3. The molecule has 2 aliphatic heterocycles. The van der Waals surface area contributed by atoms with Gasteiger partial charge in [0.1, 0.15) is 0 Å². The Hall–Kier alpha value is -5.53. The molecule has 0 atom stereocenters. The third kappa shape index (κ3) is 5.17. The van der Waals surface area contributed by atoms with Crippen molar-refractivity contribution < 1.29 is 0 Å². The topological polar surface area (TPSA) is 41.6 Å². The number of nitrogens with zero attached hydrogens (tertiary/aromatic N) is 2. The van der Waals surface area contributed by atoms with E-state index in [-0.39, 0.29) is 0 Å². The van der Waals surface area contributed by atoms with Gasteiger partial charge in [-0.15, -0.1) is 0 Å². The summed E-state index contributed by atoms with van der Waals surface area (Å²) in [4.78, 5) is 14.6. The third-order valence-corrected chi connectivity index (χ3v) is 12.1. The molecule has 4 aromatic carbocycles. The molecule has 1 N–H and O–H groups in total. The van der Waals surface area contributed by atoms with Crippen LogP contribution in [-0.4, -0.2) is 35.4 Å². The van der Waals surface area contributed by atoms with Crippen LogP contribution in [0.5, 0.6) is 0 Å². The molecule has 0 saturated heterocycles. The van der Waals surface area contributed by atoms with Gasteiger partial charge in [0.2, 0.25) is 0 Å². The fourth-order valence-electron chi connectivity index (χ4n) is 6.71. The molecule has 0 fully saturated rings. The van der Waals surface area contributed by atoms with E-state index in [1.807, 2.05) is 0 Å². The Balaban J connectivity index is 1.49. The normalized spacial score (nSPS) is 12.0. The Morgan fingerprint density at radius 2 is 0.646 bits per heavy atom.